The van der Waals surface area contributed by atoms with Crippen molar-refractivity contribution in [1.82, 2.24) is 9.78 Å². The third-order valence-corrected chi connectivity index (χ3v) is 3.65. The van der Waals surface area contributed by atoms with Crippen molar-refractivity contribution in [1.29, 1.82) is 0 Å². The third-order valence-electron chi connectivity index (χ3n) is 3.28. The second-order valence-corrected chi connectivity index (χ2v) is 4.93. The Morgan fingerprint density at radius 1 is 1.67 bits per heavy atom. The van der Waals surface area contributed by atoms with Crippen molar-refractivity contribution >= 4 is 17.3 Å². The molecule has 0 aromatic carbocycles. The van der Waals surface area contributed by atoms with Gasteiger partial charge in [0.05, 0.1) is 25.0 Å². The Kier molecular flexibility index (Phi) is 4.24. The molecule has 1 aliphatic rings. The Morgan fingerprint density at radius 2 is 2.44 bits per heavy atom. The lowest BCUT2D eigenvalue weighted by Gasteiger charge is -2.09. The molecule has 1 heterocycles. The summed E-state index contributed by atoms with van der Waals surface area (Å²) < 4.78 is 6.24. The van der Waals surface area contributed by atoms with Gasteiger partial charge in [0.25, 0.3) is 5.56 Å². The third kappa shape index (κ3) is 2.84. The van der Waals surface area contributed by atoms with E-state index < -0.39 is 0 Å². The van der Waals surface area contributed by atoms with Gasteiger partial charge in [0, 0.05) is 13.2 Å². The van der Waals surface area contributed by atoms with Gasteiger partial charge in [-0.05, 0) is 12.3 Å². The fourth-order valence-electron chi connectivity index (χ4n) is 1.98. The molecule has 1 N–H and O–H groups in total. The Balaban J connectivity index is 2.09. The smallest absolute Gasteiger partial charge is 0.287 e. The van der Waals surface area contributed by atoms with Crippen molar-refractivity contribution in [3.8, 4) is 0 Å². The van der Waals surface area contributed by atoms with Crippen LogP contribution >= 0.6 is 11.6 Å². The first-order valence-electron chi connectivity index (χ1n) is 6.18. The minimum atomic E-state index is -0.271. The molecule has 18 heavy (non-hydrogen) atoms. The topological polar surface area (TPSA) is 56.1 Å². The molecular weight excluding hydrogens is 254 g/mol. The fraction of sp³-hybridized carbons (Fsp3) is 0.667. The van der Waals surface area contributed by atoms with Crippen molar-refractivity contribution in [2.75, 3.05) is 19.0 Å². The first-order valence-corrected chi connectivity index (χ1v) is 6.56. The molecule has 1 aromatic heterocycles. The molecule has 1 fully saturated rings. The molecule has 6 heteroatoms. The monoisotopic (exact) mass is 271 g/mol. The van der Waals surface area contributed by atoms with Gasteiger partial charge in [0.15, 0.2) is 0 Å². The van der Waals surface area contributed by atoms with Crippen LogP contribution in [-0.4, -0.2) is 29.5 Å². The molecule has 0 aliphatic heterocycles. The number of rotatable bonds is 6. The molecule has 0 bridgehead atoms. The van der Waals surface area contributed by atoms with E-state index in [2.05, 4.69) is 17.3 Å². The highest BCUT2D eigenvalue weighted by atomic mass is 35.5. The first-order chi connectivity index (χ1) is 8.67. The van der Waals surface area contributed by atoms with E-state index >= 15 is 0 Å². The quantitative estimate of drug-likeness (QED) is 0.856. The summed E-state index contributed by atoms with van der Waals surface area (Å²) in [6.45, 7) is 3.02. The number of nitrogens with one attached hydrogen (secondary N) is 1. The van der Waals surface area contributed by atoms with Gasteiger partial charge in [0.1, 0.15) is 5.02 Å². The van der Waals surface area contributed by atoms with Crippen molar-refractivity contribution in [3.05, 3.63) is 21.6 Å². The van der Waals surface area contributed by atoms with Crippen LogP contribution < -0.4 is 10.9 Å². The normalized spacial score (nSPS) is 21.9. The van der Waals surface area contributed by atoms with Crippen LogP contribution in [0.4, 0.5) is 5.69 Å². The summed E-state index contributed by atoms with van der Waals surface area (Å²) in [4.78, 5) is 11.9. The maximum atomic E-state index is 11.9. The first kappa shape index (κ1) is 13.4. The minimum absolute atomic E-state index is 0.211. The highest BCUT2D eigenvalue weighted by Crippen LogP contribution is 2.36. The zero-order valence-electron chi connectivity index (χ0n) is 10.6. The lowest BCUT2D eigenvalue weighted by molar-refractivity contribution is 0.182. The van der Waals surface area contributed by atoms with Gasteiger partial charge in [-0.15, -0.1) is 0 Å². The summed E-state index contributed by atoms with van der Waals surface area (Å²) in [6, 6.07) is 0.434. The van der Waals surface area contributed by atoms with Crippen LogP contribution in [0, 0.1) is 5.92 Å². The summed E-state index contributed by atoms with van der Waals surface area (Å²) in [5.41, 5.74) is 0.365. The fourth-order valence-corrected chi connectivity index (χ4v) is 2.18. The van der Waals surface area contributed by atoms with Crippen molar-refractivity contribution in [2.24, 2.45) is 5.92 Å². The number of halogens is 1. The van der Waals surface area contributed by atoms with Crippen molar-refractivity contribution < 1.29 is 4.74 Å². The Bertz CT molecular complexity index is 475. The molecular formula is C12H18ClN3O2. The number of ether oxygens (including phenoxy) is 1. The van der Waals surface area contributed by atoms with E-state index in [1.165, 1.54) is 4.68 Å². The van der Waals surface area contributed by atoms with Crippen molar-refractivity contribution in [2.45, 2.75) is 32.4 Å². The van der Waals surface area contributed by atoms with Crippen LogP contribution in [-0.2, 0) is 11.3 Å². The number of aromatic nitrogens is 2. The maximum absolute atomic E-state index is 11.9. The van der Waals surface area contributed by atoms with Gasteiger partial charge in [0.2, 0.25) is 0 Å². The molecule has 0 spiro atoms. The Morgan fingerprint density at radius 3 is 3.06 bits per heavy atom. The molecule has 1 aromatic rings. The number of nitrogens with zero attached hydrogens (tertiary/aromatic N) is 2. The molecule has 5 nitrogen and oxygen atoms in total. The van der Waals surface area contributed by atoms with Crippen LogP contribution in [0.25, 0.3) is 0 Å². The van der Waals surface area contributed by atoms with Crippen LogP contribution in [0.3, 0.4) is 0 Å². The number of hydrogen-bond acceptors (Lipinski definition) is 4. The van der Waals surface area contributed by atoms with Crippen molar-refractivity contribution in [3.63, 3.8) is 0 Å². The van der Waals surface area contributed by atoms with E-state index in [1.807, 2.05) is 0 Å². The van der Waals surface area contributed by atoms with E-state index in [1.54, 1.807) is 13.3 Å². The molecule has 0 radical (unpaired) electrons. The second kappa shape index (κ2) is 5.71. The lowest BCUT2D eigenvalue weighted by Crippen LogP contribution is -2.26. The Labute approximate surface area is 111 Å². The largest absolute Gasteiger partial charge is 0.383 e. The van der Waals surface area contributed by atoms with E-state index in [9.17, 15) is 4.79 Å². The molecule has 1 aliphatic carbocycles. The van der Waals surface area contributed by atoms with Gasteiger partial charge < -0.3 is 10.1 Å². The molecule has 2 unspecified atom stereocenters. The van der Waals surface area contributed by atoms with Gasteiger partial charge in [-0.2, -0.15) is 5.10 Å². The van der Waals surface area contributed by atoms with Crippen LogP contribution in [0.5, 0.6) is 0 Å². The lowest BCUT2D eigenvalue weighted by atomic mass is 10.3. The SMILES string of the molecule is CCC1CC1Nc1cnn(CCOC)c(=O)c1Cl. The van der Waals surface area contributed by atoms with E-state index in [0.29, 0.717) is 30.8 Å². The molecule has 0 amide bonds. The molecule has 2 rings (SSSR count). The number of hydrogen-bond donors (Lipinski definition) is 1. The van der Waals surface area contributed by atoms with Gasteiger partial charge in [-0.3, -0.25) is 4.79 Å². The predicted molar refractivity (Wildman–Crippen MR) is 71.2 cm³/mol. The Hall–Kier alpha value is -1.07. The van der Waals surface area contributed by atoms with Gasteiger partial charge in [-0.25, -0.2) is 4.68 Å². The van der Waals surface area contributed by atoms with Gasteiger partial charge >= 0.3 is 0 Å². The molecule has 1 saturated carbocycles. The highest BCUT2D eigenvalue weighted by Gasteiger charge is 2.35. The van der Waals surface area contributed by atoms with Crippen LogP contribution in [0.15, 0.2) is 11.0 Å². The number of methoxy groups -OCH3 is 1. The summed E-state index contributed by atoms with van der Waals surface area (Å²) in [7, 11) is 1.58. The molecule has 100 valence electrons. The van der Waals surface area contributed by atoms with Crippen LogP contribution in [0.1, 0.15) is 19.8 Å². The minimum Gasteiger partial charge on any atom is -0.383 e. The predicted octanol–water partition coefficient (Wildman–Crippen LogP) is 1.75. The second-order valence-electron chi connectivity index (χ2n) is 4.55. The standard InChI is InChI=1S/C12H18ClN3O2/c1-3-8-6-9(8)15-10-7-14-16(4-5-18-2)12(17)11(10)13/h7-9,15H,3-6H2,1-2H3. The molecule has 0 saturated heterocycles. The molecule has 2 atom stereocenters. The van der Waals surface area contributed by atoms with E-state index in [4.69, 9.17) is 16.3 Å². The average molecular weight is 272 g/mol. The van der Waals surface area contributed by atoms with E-state index in [-0.39, 0.29) is 10.6 Å². The maximum Gasteiger partial charge on any atom is 0.287 e. The highest BCUT2D eigenvalue weighted by molar-refractivity contribution is 6.32. The summed E-state index contributed by atoms with van der Waals surface area (Å²) in [5.74, 6) is 0.692. The summed E-state index contributed by atoms with van der Waals surface area (Å²) in [5, 5.41) is 7.57. The average Bonchev–Trinajstić information content (AvgIpc) is 3.13. The van der Waals surface area contributed by atoms with Gasteiger partial charge in [-0.1, -0.05) is 24.9 Å². The van der Waals surface area contributed by atoms with E-state index in [0.717, 1.165) is 12.8 Å². The number of anilines is 1. The summed E-state index contributed by atoms with van der Waals surface area (Å²) >= 11 is 6.06. The zero-order valence-corrected chi connectivity index (χ0v) is 11.4. The summed E-state index contributed by atoms with van der Waals surface area (Å²) in [6.07, 6.45) is 3.90. The zero-order chi connectivity index (χ0) is 13.1. The van der Waals surface area contributed by atoms with Crippen LogP contribution in [0.2, 0.25) is 5.02 Å².